The van der Waals surface area contributed by atoms with E-state index in [-0.39, 0.29) is 0 Å². The van der Waals surface area contributed by atoms with E-state index in [0.717, 1.165) is 18.6 Å². The van der Waals surface area contributed by atoms with Crippen LogP contribution in [0.4, 0.5) is 0 Å². The summed E-state index contributed by atoms with van der Waals surface area (Å²) >= 11 is 4.32. The fourth-order valence-electron chi connectivity index (χ4n) is 2.59. The highest BCUT2D eigenvalue weighted by Crippen LogP contribution is 2.31. The Morgan fingerprint density at radius 3 is 1.95 bits per heavy atom. The van der Waals surface area contributed by atoms with Gasteiger partial charge in [-0.1, -0.05) is 45.4 Å². The third kappa shape index (κ3) is 8.21. The van der Waals surface area contributed by atoms with Crippen molar-refractivity contribution in [2.45, 2.75) is 77.4 Å². The topological polar surface area (TPSA) is 18.5 Å². The summed E-state index contributed by atoms with van der Waals surface area (Å²) in [5.74, 6) is 0.976. The van der Waals surface area contributed by atoms with Crippen LogP contribution in [0.5, 0.6) is 0 Å². The van der Waals surface area contributed by atoms with Crippen molar-refractivity contribution in [3.8, 4) is 0 Å². The van der Waals surface area contributed by atoms with Crippen molar-refractivity contribution in [3.05, 3.63) is 0 Å². The minimum atomic E-state index is -0.438. The second-order valence-corrected chi connectivity index (χ2v) is 5.99. The molecule has 0 aromatic rings. The first-order valence-corrected chi connectivity index (χ1v) is 8.49. The lowest BCUT2D eigenvalue weighted by Gasteiger charge is -2.35. The van der Waals surface area contributed by atoms with Crippen molar-refractivity contribution in [1.82, 2.24) is 0 Å². The Balaban J connectivity index is 4.05. The summed E-state index contributed by atoms with van der Waals surface area (Å²) < 4.78 is 11.2. The molecular formula is C16H34O2S. The molecule has 0 saturated heterocycles. The molecule has 0 saturated carbocycles. The van der Waals surface area contributed by atoms with E-state index in [9.17, 15) is 0 Å². The van der Waals surface area contributed by atoms with Crippen LogP contribution in [0, 0.1) is 5.92 Å². The molecule has 0 fully saturated rings. The smallest absolute Gasteiger partial charge is 0.167 e. The lowest BCUT2D eigenvalue weighted by Crippen LogP contribution is -2.39. The van der Waals surface area contributed by atoms with Crippen LogP contribution >= 0.6 is 12.6 Å². The van der Waals surface area contributed by atoms with Gasteiger partial charge in [-0.3, -0.25) is 0 Å². The maximum atomic E-state index is 5.59. The van der Waals surface area contributed by atoms with Gasteiger partial charge in [0.1, 0.15) is 0 Å². The van der Waals surface area contributed by atoms with Crippen molar-refractivity contribution in [2.75, 3.05) is 20.0 Å². The van der Waals surface area contributed by atoms with Gasteiger partial charge in [0.2, 0.25) is 0 Å². The van der Waals surface area contributed by atoms with E-state index in [0.29, 0.717) is 5.92 Å². The summed E-state index contributed by atoms with van der Waals surface area (Å²) in [4.78, 5) is 0. The zero-order chi connectivity index (χ0) is 14.6. The maximum absolute atomic E-state index is 5.59. The van der Waals surface area contributed by atoms with Crippen LogP contribution in [0.15, 0.2) is 0 Å². The summed E-state index contributed by atoms with van der Waals surface area (Å²) in [6, 6.07) is 0. The van der Waals surface area contributed by atoms with Crippen LogP contribution in [0.1, 0.15) is 71.6 Å². The minimum Gasteiger partial charge on any atom is -0.353 e. The molecule has 0 aromatic carbocycles. The standard InChI is InChI=1S/C16H34O2S/c1-5-6-7-8-9-10-12-15(13-11-14-19)16(2,17-3)18-4/h15,19H,5-14H2,1-4H3/t15-/m1/s1. The highest BCUT2D eigenvalue weighted by Gasteiger charge is 2.33. The van der Waals surface area contributed by atoms with Crippen molar-refractivity contribution in [2.24, 2.45) is 5.92 Å². The maximum Gasteiger partial charge on any atom is 0.167 e. The molecule has 3 heteroatoms. The zero-order valence-electron chi connectivity index (χ0n) is 13.4. The number of methoxy groups -OCH3 is 2. The fraction of sp³-hybridized carbons (Fsp3) is 1.00. The molecule has 0 heterocycles. The molecule has 0 amide bonds. The van der Waals surface area contributed by atoms with E-state index in [1.807, 2.05) is 0 Å². The predicted octanol–water partition coefficient (Wildman–Crippen LogP) is 5.07. The second kappa shape index (κ2) is 12.0. The van der Waals surface area contributed by atoms with Crippen molar-refractivity contribution in [1.29, 1.82) is 0 Å². The molecule has 19 heavy (non-hydrogen) atoms. The molecule has 0 bridgehead atoms. The Bertz CT molecular complexity index is 193. The highest BCUT2D eigenvalue weighted by atomic mass is 32.1. The van der Waals surface area contributed by atoms with Gasteiger partial charge < -0.3 is 9.47 Å². The summed E-state index contributed by atoms with van der Waals surface area (Å²) in [5.41, 5.74) is 0. The average Bonchev–Trinajstić information content (AvgIpc) is 2.45. The van der Waals surface area contributed by atoms with Crippen LogP contribution in [-0.2, 0) is 9.47 Å². The lowest BCUT2D eigenvalue weighted by molar-refractivity contribution is -0.230. The van der Waals surface area contributed by atoms with Crippen molar-refractivity contribution < 1.29 is 9.47 Å². The summed E-state index contributed by atoms with van der Waals surface area (Å²) in [7, 11) is 3.50. The molecule has 0 aromatic heterocycles. The van der Waals surface area contributed by atoms with Crippen molar-refractivity contribution >= 4 is 12.6 Å². The third-order valence-electron chi connectivity index (χ3n) is 4.17. The molecule has 0 radical (unpaired) electrons. The molecule has 0 N–H and O–H groups in total. The van der Waals surface area contributed by atoms with Crippen LogP contribution in [-0.4, -0.2) is 25.8 Å². The first-order chi connectivity index (χ1) is 9.14. The summed E-state index contributed by atoms with van der Waals surface area (Å²) in [6.07, 6.45) is 11.5. The quantitative estimate of drug-likeness (QED) is 0.290. The molecule has 1 atom stereocenters. The predicted molar refractivity (Wildman–Crippen MR) is 87.0 cm³/mol. The average molecular weight is 291 g/mol. The van der Waals surface area contributed by atoms with Crippen LogP contribution in [0.25, 0.3) is 0 Å². The molecule has 0 aliphatic rings. The highest BCUT2D eigenvalue weighted by molar-refractivity contribution is 7.80. The number of thiol groups is 1. The van der Waals surface area contributed by atoms with Gasteiger partial charge in [-0.2, -0.15) is 12.6 Å². The molecule has 116 valence electrons. The first-order valence-electron chi connectivity index (χ1n) is 7.85. The minimum absolute atomic E-state index is 0.438. The van der Waals surface area contributed by atoms with E-state index in [1.165, 1.54) is 44.9 Å². The van der Waals surface area contributed by atoms with Gasteiger partial charge in [0.05, 0.1) is 0 Å². The largest absolute Gasteiger partial charge is 0.353 e. The Morgan fingerprint density at radius 1 is 0.895 bits per heavy atom. The van der Waals surface area contributed by atoms with E-state index in [4.69, 9.17) is 9.47 Å². The summed E-state index contributed by atoms with van der Waals surface area (Å²) in [6.45, 7) is 4.32. The number of rotatable bonds is 13. The Labute approximate surface area is 126 Å². The van der Waals surface area contributed by atoms with E-state index in [2.05, 4.69) is 26.5 Å². The van der Waals surface area contributed by atoms with Gasteiger partial charge in [-0.25, -0.2) is 0 Å². The molecule has 0 spiro atoms. The normalized spacial score (nSPS) is 13.7. The van der Waals surface area contributed by atoms with Gasteiger partial charge in [0, 0.05) is 20.1 Å². The third-order valence-corrected chi connectivity index (χ3v) is 4.49. The molecule has 0 aliphatic carbocycles. The molecule has 0 rings (SSSR count). The van der Waals surface area contributed by atoms with Crippen LogP contribution in [0.3, 0.4) is 0 Å². The Kier molecular flexibility index (Phi) is 12.2. The van der Waals surface area contributed by atoms with Crippen LogP contribution in [0.2, 0.25) is 0 Å². The number of hydrogen-bond donors (Lipinski definition) is 1. The van der Waals surface area contributed by atoms with E-state index < -0.39 is 5.79 Å². The molecule has 2 nitrogen and oxygen atoms in total. The lowest BCUT2D eigenvalue weighted by atomic mass is 9.89. The first kappa shape index (κ1) is 19.3. The van der Waals surface area contributed by atoms with Crippen molar-refractivity contribution in [3.63, 3.8) is 0 Å². The molecular weight excluding hydrogens is 256 g/mol. The Hall–Kier alpha value is 0.270. The zero-order valence-corrected chi connectivity index (χ0v) is 14.3. The number of ether oxygens (including phenoxy) is 2. The van der Waals surface area contributed by atoms with Crippen LogP contribution < -0.4 is 0 Å². The number of hydrogen-bond acceptors (Lipinski definition) is 3. The van der Waals surface area contributed by atoms with Gasteiger partial charge in [-0.05, 0) is 31.9 Å². The van der Waals surface area contributed by atoms with Gasteiger partial charge in [0.15, 0.2) is 5.79 Å². The monoisotopic (exact) mass is 290 g/mol. The van der Waals surface area contributed by atoms with Gasteiger partial charge >= 0.3 is 0 Å². The Morgan fingerprint density at radius 2 is 1.42 bits per heavy atom. The van der Waals surface area contributed by atoms with E-state index in [1.54, 1.807) is 14.2 Å². The van der Waals surface area contributed by atoms with Gasteiger partial charge in [0.25, 0.3) is 0 Å². The molecule has 0 aliphatic heterocycles. The molecule has 0 unspecified atom stereocenters. The van der Waals surface area contributed by atoms with E-state index >= 15 is 0 Å². The summed E-state index contributed by atoms with van der Waals surface area (Å²) in [5, 5.41) is 0. The SMILES string of the molecule is CCCCCCCC[C@H](CCCS)C(C)(OC)OC. The number of unbranched alkanes of at least 4 members (excludes halogenated alkanes) is 5. The fourth-order valence-corrected chi connectivity index (χ4v) is 2.78. The second-order valence-electron chi connectivity index (χ2n) is 5.54. The van der Waals surface area contributed by atoms with Gasteiger partial charge in [-0.15, -0.1) is 0 Å².